The molecule has 1 aromatic heterocycles. The molecule has 4 rings (SSSR count). The molecule has 0 radical (unpaired) electrons. The molecule has 0 bridgehead atoms. The first-order chi connectivity index (χ1) is 11.7. The summed E-state index contributed by atoms with van der Waals surface area (Å²) in [6.07, 6.45) is 0.105. The van der Waals surface area contributed by atoms with Crippen molar-refractivity contribution in [1.29, 1.82) is 0 Å². The topological polar surface area (TPSA) is 76.0 Å². The Hall–Kier alpha value is -3.15. The highest BCUT2D eigenvalue weighted by Gasteiger charge is 2.32. The molecule has 24 heavy (non-hydrogen) atoms. The number of anilines is 1. The lowest BCUT2D eigenvalue weighted by atomic mass is 10.1. The van der Waals surface area contributed by atoms with Gasteiger partial charge < -0.3 is 5.32 Å². The number of amides is 2. The van der Waals surface area contributed by atoms with Crippen LogP contribution >= 0.6 is 0 Å². The Labute approximate surface area is 138 Å². The Morgan fingerprint density at radius 3 is 2.75 bits per heavy atom. The highest BCUT2D eigenvalue weighted by molar-refractivity contribution is 5.99. The Morgan fingerprint density at radius 2 is 1.92 bits per heavy atom. The monoisotopic (exact) mass is 320 g/mol. The van der Waals surface area contributed by atoms with Gasteiger partial charge in [0.2, 0.25) is 17.8 Å². The van der Waals surface area contributed by atoms with E-state index in [0.29, 0.717) is 12.5 Å². The number of hydrogen-bond acceptors (Lipinski definition) is 3. The van der Waals surface area contributed by atoms with Gasteiger partial charge in [0.25, 0.3) is 0 Å². The molecule has 1 aliphatic heterocycles. The lowest BCUT2D eigenvalue weighted by Crippen LogP contribution is -2.38. The molecule has 2 N–H and O–H groups in total. The van der Waals surface area contributed by atoms with Crippen molar-refractivity contribution >= 4 is 28.8 Å². The van der Waals surface area contributed by atoms with Gasteiger partial charge in [-0.1, -0.05) is 42.5 Å². The molecule has 120 valence electrons. The molecule has 2 heterocycles. The molecule has 0 aliphatic carbocycles. The van der Waals surface area contributed by atoms with Gasteiger partial charge in [-0.25, -0.2) is 4.98 Å². The van der Waals surface area contributed by atoms with E-state index in [1.54, 1.807) is 4.57 Å². The van der Waals surface area contributed by atoms with E-state index in [1.165, 1.54) is 0 Å². The fourth-order valence-electron chi connectivity index (χ4n) is 3.00. The van der Waals surface area contributed by atoms with E-state index in [9.17, 15) is 9.59 Å². The van der Waals surface area contributed by atoms with E-state index >= 15 is 0 Å². The van der Waals surface area contributed by atoms with Gasteiger partial charge in [-0.15, -0.1) is 0 Å². The minimum absolute atomic E-state index is 0.105. The minimum atomic E-state index is -0.593. The van der Waals surface area contributed by atoms with Crippen LogP contribution < -0.4 is 10.6 Å². The van der Waals surface area contributed by atoms with E-state index in [-0.39, 0.29) is 18.2 Å². The number of carbonyl (C=O) groups excluding carboxylic acids is 2. The lowest BCUT2D eigenvalue weighted by molar-refractivity contribution is -0.128. The van der Waals surface area contributed by atoms with Crippen LogP contribution in [0.3, 0.4) is 0 Å². The van der Waals surface area contributed by atoms with Crippen LogP contribution in [0.4, 0.5) is 5.95 Å². The first-order valence-corrected chi connectivity index (χ1v) is 7.81. The molecule has 0 fully saturated rings. The smallest absolute Gasteiger partial charge is 0.244 e. The Kier molecular flexibility index (Phi) is 3.49. The third-order valence-electron chi connectivity index (χ3n) is 4.15. The largest absolute Gasteiger partial charge is 0.350 e. The fourth-order valence-corrected chi connectivity index (χ4v) is 3.00. The van der Waals surface area contributed by atoms with Crippen LogP contribution in [0.2, 0.25) is 0 Å². The second-order valence-electron chi connectivity index (χ2n) is 5.77. The van der Waals surface area contributed by atoms with Gasteiger partial charge in [0.15, 0.2) is 0 Å². The maximum Gasteiger partial charge on any atom is 0.244 e. The number of imidazole rings is 1. The average Bonchev–Trinajstić information content (AvgIpc) is 2.98. The standard InChI is InChI=1S/C18H16N4O2/c23-16-10-15(17(24)19-11-12-6-2-1-3-7-12)22-14-9-5-4-8-13(14)20-18(22)21-16/h1-9,15H,10-11H2,(H,19,24)(H,20,21,23)/t15-/m1/s1. The molecule has 1 atom stereocenters. The number of benzene rings is 2. The SMILES string of the molecule is O=C1C[C@H](C(=O)NCc2ccccc2)n2c(nc3ccccc32)N1. The van der Waals surface area contributed by atoms with Crippen molar-refractivity contribution in [3.63, 3.8) is 0 Å². The number of fused-ring (bicyclic) bond motifs is 3. The van der Waals surface area contributed by atoms with Crippen LogP contribution in [0.1, 0.15) is 18.0 Å². The van der Waals surface area contributed by atoms with Gasteiger partial charge in [0.05, 0.1) is 17.5 Å². The molecule has 0 saturated heterocycles. The summed E-state index contributed by atoms with van der Waals surface area (Å²) >= 11 is 0. The number of carbonyl (C=O) groups is 2. The fraction of sp³-hybridized carbons (Fsp3) is 0.167. The summed E-state index contributed by atoms with van der Waals surface area (Å²) in [6, 6.07) is 16.6. The molecule has 0 spiro atoms. The summed E-state index contributed by atoms with van der Waals surface area (Å²) in [4.78, 5) is 29.0. The summed E-state index contributed by atoms with van der Waals surface area (Å²) in [5, 5.41) is 5.66. The van der Waals surface area contributed by atoms with Crippen molar-refractivity contribution in [1.82, 2.24) is 14.9 Å². The molecule has 1 aliphatic rings. The maximum absolute atomic E-state index is 12.7. The second kappa shape index (κ2) is 5.81. The lowest BCUT2D eigenvalue weighted by Gasteiger charge is -2.25. The van der Waals surface area contributed by atoms with Gasteiger partial charge in [-0.05, 0) is 17.7 Å². The number of nitrogens with zero attached hydrogens (tertiary/aromatic N) is 2. The first kappa shape index (κ1) is 14.4. The second-order valence-corrected chi connectivity index (χ2v) is 5.77. The molecule has 6 heteroatoms. The molecular weight excluding hydrogens is 304 g/mol. The van der Waals surface area contributed by atoms with Crippen molar-refractivity contribution in [2.45, 2.75) is 19.0 Å². The van der Waals surface area contributed by atoms with Gasteiger partial charge in [-0.2, -0.15) is 0 Å². The maximum atomic E-state index is 12.7. The Balaban J connectivity index is 1.64. The van der Waals surface area contributed by atoms with E-state index in [1.807, 2.05) is 54.6 Å². The normalized spacial score (nSPS) is 16.5. The third-order valence-corrected chi connectivity index (χ3v) is 4.15. The number of para-hydroxylation sites is 2. The Morgan fingerprint density at radius 1 is 1.17 bits per heavy atom. The van der Waals surface area contributed by atoms with Gasteiger partial charge >= 0.3 is 0 Å². The summed E-state index contributed by atoms with van der Waals surface area (Å²) in [6.45, 7) is 0.430. The molecule has 2 amide bonds. The van der Waals surface area contributed by atoms with Gasteiger partial charge in [-0.3, -0.25) is 19.5 Å². The van der Waals surface area contributed by atoms with Crippen molar-refractivity contribution in [3.8, 4) is 0 Å². The minimum Gasteiger partial charge on any atom is -0.350 e. The van der Waals surface area contributed by atoms with E-state index in [0.717, 1.165) is 16.6 Å². The van der Waals surface area contributed by atoms with E-state index in [4.69, 9.17) is 0 Å². The third kappa shape index (κ3) is 2.52. The van der Waals surface area contributed by atoms with Crippen LogP contribution in [0.15, 0.2) is 54.6 Å². The number of aromatic nitrogens is 2. The first-order valence-electron chi connectivity index (χ1n) is 7.81. The Bertz CT molecular complexity index is 917. The van der Waals surface area contributed by atoms with Crippen molar-refractivity contribution < 1.29 is 9.59 Å². The zero-order valence-corrected chi connectivity index (χ0v) is 12.9. The number of nitrogens with one attached hydrogen (secondary N) is 2. The van der Waals surface area contributed by atoms with Crippen LogP contribution in [0.5, 0.6) is 0 Å². The van der Waals surface area contributed by atoms with Gasteiger partial charge in [0.1, 0.15) is 6.04 Å². The molecule has 2 aromatic carbocycles. The molecule has 6 nitrogen and oxygen atoms in total. The van der Waals surface area contributed by atoms with Crippen LogP contribution in [0, 0.1) is 0 Å². The van der Waals surface area contributed by atoms with Gasteiger partial charge in [0, 0.05) is 6.54 Å². The predicted molar refractivity (Wildman–Crippen MR) is 90.3 cm³/mol. The molecular formula is C18H16N4O2. The van der Waals surface area contributed by atoms with Crippen LogP contribution in [-0.2, 0) is 16.1 Å². The number of rotatable bonds is 3. The molecule has 0 saturated carbocycles. The zero-order valence-electron chi connectivity index (χ0n) is 12.9. The summed E-state index contributed by atoms with van der Waals surface area (Å²) in [7, 11) is 0. The summed E-state index contributed by atoms with van der Waals surface area (Å²) < 4.78 is 1.80. The highest BCUT2D eigenvalue weighted by Crippen LogP contribution is 2.30. The molecule has 3 aromatic rings. The number of hydrogen-bond donors (Lipinski definition) is 2. The zero-order chi connectivity index (χ0) is 16.5. The van der Waals surface area contributed by atoms with E-state index < -0.39 is 6.04 Å². The molecule has 0 unspecified atom stereocenters. The highest BCUT2D eigenvalue weighted by atomic mass is 16.2. The average molecular weight is 320 g/mol. The van der Waals surface area contributed by atoms with E-state index in [2.05, 4.69) is 15.6 Å². The van der Waals surface area contributed by atoms with Crippen LogP contribution in [-0.4, -0.2) is 21.4 Å². The quantitative estimate of drug-likeness (QED) is 0.777. The van der Waals surface area contributed by atoms with Crippen molar-refractivity contribution in [2.75, 3.05) is 5.32 Å². The summed E-state index contributed by atoms with van der Waals surface area (Å²) in [5.74, 6) is 0.0445. The summed E-state index contributed by atoms with van der Waals surface area (Å²) in [5.41, 5.74) is 2.62. The van der Waals surface area contributed by atoms with Crippen LogP contribution in [0.25, 0.3) is 11.0 Å². The van der Waals surface area contributed by atoms with Crippen molar-refractivity contribution in [3.05, 3.63) is 60.2 Å². The van der Waals surface area contributed by atoms with Crippen molar-refractivity contribution in [2.24, 2.45) is 0 Å². The predicted octanol–water partition coefficient (Wildman–Crippen LogP) is 2.24.